The van der Waals surface area contributed by atoms with E-state index in [1.165, 1.54) is 4.90 Å². The van der Waals surface area contributed by atoms with Crippen molar-refractivity contribution in [2.45, 2.75) is 13.0 Å². The molecule has 0 saturated carbocycles. The minimum Gasteiger partial charge on any atom is -0.463 e. The number of benzene rings is 2. The van der Waals surface area contributed by atoms with Crippen LogP contribution >= 0.6 is 23.2 Å². The number of halogens is 2. The lowest BCUT2D eigenvalue weighted by Crippen LogP contribution is -2.54. The molecule has 1 atom stereocenters. The molecule has 2 aliphatic rings. The van der Waals surface area contributed by atoms with Gasteiger partial charge in [0.15, 0.2) is 0 Å². The molecule has 2 aromatic rings. The lowest BCUT2D eigenvalue weighted by molar-refractivity contribution is -0.139. The molecule has 0 spiro atoms. The average molecular weight is 557 g/mol. The molecule has 1 unspecified atom stereocenters. The lowest BCUT2D eigenvalue weighted by Gasteiger charge is -2.40. The van der Waals surface area contributed by atoms with Gasteiger partial charge in [0.25, 0.3) is 5.91 Å². The highest BCUT2D eigenvalue weighted by Gasteiger charge is 2.39. The van der Waals surface area contributed by atoms with Gasteiger partial charge in [-0.05, 0) is 30.7 Å². The molecule has 2 aliphatic heterocycles. The fraction of sp³-hybridized carbons (Fsp3) is 0.321. The summed E-state index contributed by atoms with van der Waals surface area (Å²) in [6, 6.07) is 13.0. The maximum atomic E-state index is 13.3. The molecular formula is C28H30Cl2N4O4. The van der Waals surface area contributed by atoms with Gasteiger partial charge in [-0.1, -0.05) is 59.6 Å². The van der Waals surface area contributed by atoms with Gasteiger partial charge in [-0.15, -0.1) is 6.58 Å². The van der Waals surface area contributed by atoms with E-state index in [2.05, 4.69) is 16.8 Å². The summed E-state index contributed by atoms with van der Waals surface area (Å²) in [6.07, 6.45) is 1.61. The summed E-state index contributed by atoms with van der Waals surface area (Å²) < 4.78 is 5.44. The number of ether oxygens (including phenoxy) is 1. The molecule has 1 fully saturated rings. The third-order valence-corrected chi connectivity index (χ3v) is 7.27. The first kappa shape index (κ1) is 27.7. The van der Waals surface area contributed by atoms with Crippen LogP contribution < -0.4 is 5.32 Å². The Labute approximate surface area is 232 Å². The van der Waals surface area contributed by atoms with Crippen molar-refractivity contribution in [2.24, 2.45) is 0 Å². The minimum atomic E-state index is -0.769. The van der Waals surface area contributed by atoms with E-state index in [1.54, 1.807) is 66.4 Å². The maximum Gasteiger partial charge on any atom is 0.338 e. The Kier molecular flexibility index (Phi) is 9.09. The maximum absolute atomic E-state index is 13.3. The van der Waals surface area contributed by atoms with Gasteiger partial charge >= 0.3 is 12.0 Å². The molecule has 2 heterocycles. The number of piperazine rings is 1. The Bertz CT molecular complexity index is 1260. The first-order valence-electron chi connectivity index (χ1n) is 12.4. The molecule has 0 aliphatic carbocycles. The second-order valence-corrected chi connectivity index (χ2v) is 9.75. The van der Waals surface area contributed by atoms with E-state index in [-0.39, 0.29) is 25.1 Å². The average Bonchev–Trinajstić information content (AvgIpc) is 2.91. The number of nitrogens with one attached hydrogen (secondary N) is 1. The number of esters is 1. The van der Waals surface area contributed by atoms with Crippen LogP contribution in [0.1, 0.15) is 28.9 Å². The van der Waals surface area contributed by atoms with E-state index < -0.39 is 12.0 Å². The van der Waals surface area contributed by atoms with E-state index in [9.17, 15) is 14.4 Å². The lowest BCUT2D eigenvalue weighted by atomic mass is 9.94. The molecule has 3 amide bonds. The topological polar surface area (TPSA) is 82.2 Å². The number of hydrogen-bond acceptors (Lipinski definition) is 5. The van der Waals surface area contributed by atoms with Crippen LogP contribution in [0.3, 0.4) is 0 Å². The Morgan fingerprint density at radius 1 is 1.05 bits per heavy atom. The highest BCUT2D eigenvalue weighted by molar-refractivity contribution is 6.33. The number of carbonyl (C=O) groups is 3. The van der Waals surface area contributed by atoms with Gasteiger partial charge in [-0.3, -0.25) is 14.6 Å². The van der Waals surface area contributed by atoms with Gasteiger partial charge in [-0.25, -0.2) is 9.59 Å². The quantitative estimate of drug-likeness (QED) is 0.382. The Balaban J connectivity index is 1.63. The highest BCUT2D eigenvalue weighted by Crippen LogP contribution is 2.35. The largest absolute Gasteiger partial charge is 0.463 e. The number of amides is 3. The molecule has 200 valence electrons. The third-order valence-electron chi connectivity index (χ3n) is 6.60. The number of rotatable bonds is 8. The molecule has 4 rings (SSSR count). The van der Waals surface area contributed by atoms with Crippen molar-refractivity contribution >= 4 is 41.1 Å². The first-order chi connectivity index (χ1) is 18.3. The fourth-order valence-electron chi connectivity index (χ4n) is 4.71. The van der Waals surface area contributed by atoms with Crippen molar-refractivity contribution in [3.05, 3.63) is 93.6 Å². The molecule has 2 aromatic carbocycles. The van der Waals surface area contributed by atoms with Gasteiger partial charge in [0.05, 0.1) is 28.8 Å². The summed E-state index contributed by atoms with van der Waals surface area (Å²) in [4.78, 5) is 45.0. The van der Waals surface area contributed by atoms with Crippen LogP contribution in [0.2, 0.25) is 10.0 Å². The molecule has 1 N–H and O–H groups in total. The molecular weight excluding hydrogens is 527 g/mol. The van der Waals surface area contributed by atoms with Crippen LogP contribution in [0.25, 0.3) is 0 Å². The number of hydrogen-bond donors (Lipinski definition) is 1. The predicted octanol–water partition coefficient (Wildman–Crippen LogP) is 4.52. The summed E-state index contributed by atoms with van der Waals surface area (Å²) in [5.41, 5.74) is 1.94. The monoisotopic (exact) mass is 556 g/mol. The van der Waals surface area contributed by atoms with Crippen molar-refractivity contribution in [3.63, 3.8) is 0 Å². The molecule has 10 heteroatoms. The second-order valence-electron chi connectivity index (χ2n) is 8.93. The standard InChI is InChI=1S/C28H30Cl2N4O4/c1-3-13-34-23(18-32-14-16-33(17-15-32)26(35)20-10-6-8-12-22(20)30)24(27(36)38-4-2)25(31-28(34)37)19-9-5-7-11-21(19)29/h3,5-12,25H,1,4,13-18H2,2H3,(H,31,37). The Morgan fingerprint density at radius 2 is 1.71 bits per heavy atom. The van der Waals surface area contributed by atoms with Crippen molar-refractivity contribution < 1.29 is 19.1 Å². The molecule has 8 nitrogen and oxygen atoms in total. The fourth-order valence-corrected chi connectivity index (χ4v) is 5.18. The zero-order valence-corrected chi connectivity index (χ0v) is 22.7. The van der Waals surface area contributed by atoms with Crippen molar-refractivity contribution in [3.8, 4) is 0 Å². The van der Waals surface area contributed by atoms with Gasteiger partial charge < -0.3 is 15.0 Å². The smallest absolute Gasteiger partial charge is 0.338 e. The van der Waals surface area contributed by atoms with Crippen molar-refractivity contribution in [1.29, 1.82) is 0 Å². The highest BCUT2D eigenvalue weighted by atomic mass is 35.5. The number of nitrogens with zero attached hydrogens (tertiary/aromatic N) is 3. The van der Waals surface area contributed by atoms with E-state index in [0.717, 1.165) is 0 Å². The van der Waals surface area contributed by atoms with Crippen molar-refractivity contribution in [1.82, 2.24) is 20.0 Å². The van der Waals surface area contributed by atoms with Crippen LogP contribution in [0.5, 0.6) is 0 Å². The number of carbonyl (C=O) groups excluding carboxylic acids is 3. The minimum absolute atomic E-state index is 0.120. The SMILES string of the molecule is C=CCN1C(=O)NC(c2ccccc2Cl)C(C(=O)OCC)=C1CN1CCN(C(=O)c2ccccc2Cl)CC1. The summed E-state index contributed by atoms with van der Waals surface area (Å²) >= 11 is 12.7. The van der Waals surface area contributed by atoms with Gasteiger partial charge in [0.2, 0.25) is 0 Å². The van der Waals surface area contributed by atoms with Gasteiger partial charge in [-0.2, -0.15) is 0 Å². The van der Waals surface area contributed by atoms with E-state index in [1.807, 2.05) is 0 Å². The van der Waals surface area contributed by atoms with E-state index in [0.29, 0.717) is 65.2 Å². The van der Waals surface area contributed by atoms with Gasteiger partial charge in [0.1, 0.15) is 0 Å². The van der Waals surface area contributed by atoms with Crippen LogP contribution in [-0.4, -0.2) is 78.5 Å². The summed E-state index contributed by atoms with van der Waals surface area (Å²) in [6.45, 7) is 8.29. The predicted molar refractivity (Wildman–Crippen MR) is 147 cm³/mol. The van der Waals surface area contributed by atoms with Gasteiger partial charge in [0, 0.05) is 50.0 Å². The van der Waals surface area contributed by atoms with Crippen molar-refractivity contribution in [2.75, 3.05) is 45.9 Å². The van der Waals surface area contributed by atoms with E-state index >= 15 is 0 Å². The summed E-state index contributed by atoms with van der Waals surface area (Å²) in [7, 11) is 0. The van der Waals surface area contributed by atoms with Crippen LogP contribution in [0, 0.1) is 0 Å². The zero-order valence-electron chi connectivity index (χ0n) is 21.2. The number of urea groups is 1. The summed E-state index contributed by atoms with van der Waals surface area (Å²) in [5, 5.41) is 3.78. The molecule has 0 bridgehead atoms. The molecule has 1 saturated heterocycles. The summed E-state index contributed by atoms with van der Waals surface area (Å²) in [5.74, 6) is -0.639. The van der Waals surface area contributed by atoms with Crippen LogP contribution in [0.15, 0.2) is 72.5 Å². The van der Waals surface area contributed by atoms with Crippen LogP contribution in [0.4, 0.5) is 4.79 Å². The third kappa shape index (κ3) is 5.88. The zero-order chi connectivity index (χ0) is 27.2. The molecule has 0 aromatic heterocycles. The molecule has 38 heavy (non-hydrogen) atoms. The second kappa shape index (κ2) is 12.5. The Hall–Kier alpha value is -3.33. The van der Waals surface area contributed by atoms with E-state index in [4.69, 9.17) is 27.9 Å². The van der Waals surface area contributed by atoms with Crippen LogP contribution in [-0.2, 0) is 9.53 Å². The first-order valence-corrected chi connectivity index (χ1v) is 13.2. The molecule has 0 radical (unpaired) electrons. The Morgan fingerprint density at radius 3 is 2.34 bits per heavy atom. The normalized spacial score (nSPS) is 18.3.